The van der Waals surface area contributed by atoms with E-state index in [1.807, 2.05) is 31.2 Å². The minimum atomic E-state index is -0.0114. The second kappa shape index (κ2) is 6.88. The molecule has 128 valence electrons. The Bertz CT molecular complexity index is 815. The summed E-state index contributed by atoms with van der Waals surface area (Å²) in [5.41, 5.74) is 0.824. The lowest BCUT2D eigenvalue weighted by atomic mass is 10.3. The van der Waals surface area contributed by atoms with E-state index in [9.17, 15) is 0 Å². The van der Waals surface area contributed by atoms with Crippen molar-refractivity contribution in [2.45, 2.75) is 31.8 Å². The molecule has 3 heterocycles. The molecule has 1 fully saturated rings. The van der Waals surface area contributed by atoms with Crippen LogP contribution in [0.1, 0.15) is 31.5 Å². The first kappa shape index (κ1) is 15.6. The zero-order chi connectivity index (χ0) is 17.1. The van der Waals surface area contributed by atoms with Crippen molar-refractivity contribution in [3.63, 3.8) is 0 Å². The zero-order valence-corrected chi connectivity index (χ0v) is 13.9. The summed E-state index contributed by atoms with van der Waals surface area (Å²) in [5, 5.41) is 7.28. The maximum atomic E-state index is 5.77. The molecule has 0 amide bonds. The van der Waals surface area contributed by atoms with Gasteiger partial charge < -0.3 is 14.6 Å². The third-order valence-corrected chi connectivity index (χ3v) is 3.94. The van der Waals surface area contributed by atoms with Gasteiger partial charge in [-0.25, -0.2) is 4.98 Å². The van der Waals surface area contributed by atoms with Gasteiger partial charge in [-0.3, -0.25) is 4.98 Å². The predicted molar refractivity (Wildman–Crippen MR) is 92.3 cm³/mol. The van der Waals surface area contributed by atoms with E-state index in [0.29, 0.717) is 18.4 Å². The molecule has 0 aromatic carbocycles. The molecule has 0 saturated heterocycles. The van der Waals surface area contributed by atoms with Crippen molar-refractivity contribution in [2.75, 3.05) is 11.9 Å². The molecule has 3 aromatic heterocycles. The highest BCUT2D eigenvalue weighted by Gasteiger charge is 2.28. The quantitative estimate of drug-likeness (QED) is 0.708. The molecule has 4 rings (SSSR count). The van der Waals surface area contributed by atoms with Crippen LogP contribution in [0, 0.1) is 0 Å². The van der Waals surface area contributed by atoms with Crippen molar-refractivity contribution in [1.29, 1.82) is 0 Å². The van der Waals surface area contributed by atoms with E-state index >= 15 is 0 Å². The summed E-state index contributed by atoms with van der Waals surface area (Å²) in [6.45, 7) is 2.62. The number of aromatic nitrogens is 4. The fourth-order valence-electron chi connectivity index (χ4n) is 2.42. The van der Waals surface area contributed by atoms with Gasteiger partial charge in [0.2, 0.25) is 0 Å². The van der Waals surface area contributed by atoms with Crippen molar-refractivity contribution in [3.05, 3.63) is 48.7 Å². The summed E-state index contributed by atoms with van der Waals surface area (Å²) in [7, 11) is 0. The van der Waals surface area contributed by atoms with Crippen molar-refractivity contribution in [2.24, 2.45) is 0 Å². The summed E-state index contributed by atoms with van der Waals surface area (Å²) in [4.78, 5) is 12.9. The van der Waals surface area contributed by atoms with Gasteiger partial charge in [-0.2, -0.15) is 4.98 Å². The molecule has 0 bridgehead atoms. The summed E-state index contributed by atoms with van der Waals surface area (Å²) < 4.78 is 11.1. The standard InChI is InChI=1S/C18H19N5O2/c1-12(24-15-3-2-8-19-11-15)9-20-16-7-6-14(10-21-16)18-22-17(23-25-18)13-4-5-13/h2-3,6-8,10-13H,4-5,9H2,1H3,(H,20,21). The van der Waals surface area contributed by atoms with Crippen molar-refractivity contribution < 1.29 is 9.26 Å². The lowest BCUT2D eigenvalue weighted by Gasteiger charge is -2.15. The average Bonchev–Trinajstić information content (AvgIpc) is 3.38. The Morgan fingerprint density at radius 2 is 2.20 bits per heavy atom. The molecule has 1 atom stereocenters. The molecule has 0 spiro atoms. The Morgan fingerprint density at radius 1 is 1.28 bits per heavy atom. The summed E-state index contributed by atoms with van der Waals surface area (Å²) in [6, 6.07) is 7.55. The average molecular weight is 337 g/mol. The first-order valence-corrected chi connectivity index (χ1v) is 8.38. The molecule has 25 heavy (non-hydrogen) atoms. The first-order chi connectivity index (χ1) is 12.3. The van der Waals surface area contributed by atoms with Crippen LogP contribution in [0.4, 0.5) is 5.82 Å². The third kappa shape index (κ3) is 3.93. The smallest absolute Gasteiger partial charge is 0.259 e. The molecular weight excluding hydrogens is 318 g/mol. The molecule has 1 unspecified atom stereocenters. The lowest BCUT2D eigenvalue weighted by Crippen LogP contribution is -2.23. The minimum absolute atomic E-state index is 0.0114. The van der Waals surface area contributed by atoms with Crippen molar-refractivity contribution in [1.82, 2.24) is 20.1 Å². The van der Waals surface area contributed by atoms with Gasteiger partial charge in [0.15, 0.2) is 5.82 Å². The van der Waals surface area contributed by atoms with E-state index in [2.05, 4.69) is 25.4 Å². The van der Waals surface area contributed by atoms with Crippen LogP contribution in [0.3, 0.4) is 0 Å². The topological polar surface area (TPSA) is 86.0 Å². The van der Waals surface area contributed by atoms with Gasteiger partial charge in [-0.05, 0) is 44.0 Å². The number of ether oxygens (including phenoxy) is 1. The highest BCUT2D eigenvalue weighted by Crippen LogP contribution is 2.38. The number of rotatable bonds is 7. The second-order valence-electron chi connectivity index (χ2n) is 6.16. The Labute approximate surface area is 145 Å². The van der Waals surface area contributed by atoms with E-state index in [1.54, 1.807) is 18.6 Å². The zero-order valence-electron chi connectivity index (χ0n) is 13.9. The van der Waals surface area contributed by atoms with Crippen LogP contribution in [0.5, 0.6) is 5.75 Å². The molecule has 3 aromatic rings. The Hall–Kier alpha value is -2.96. The lowest BCUT2D eigenvalue weighted by molar-refractivity contribution is 0.234. The molecule has 7 heteroatoms. The molecule has 0 aliphatic heterocycles. The van der Waals surface area contributed by atoms with Crippen LogP contribution in [0.25, 0.3) is 11.5 Å². The SMILES string of the molecule is CC(CNc1ccc(-c2nc(C3CC3)no2)cn1)Oc1cccnc1. The highest BCUT2D eigenvalue weighted by atomic mass is 16.5. The van der Waals surface area contributed by atoms with Crippen LogP contribution in [0.15, 0.2) is 47.4 Å². The molecule has 1 aliphatic carbocycles. The van der Waals surface area contributed by atoms with E-state index in [4.69, 9.17) is 9.26 Å². The first-order valence-electron chi connectivity index (χ1n) is 8.38. The third-order valence-electron chi connectivity index (χ3n) is 3.94. The fourth-order valence-corrected chi connectivity index (χ4v) is 2.42. The molecular formula is C18H19N5O2. The number of pyridine rings is 2. The highest BCUT2D eigenvalue weighted by molar-refractivity contribution is 5.54. The van der Waals surface area contributed by atoms with Crippen LogP contribution < -0.4 is 10.1 Å². The number of hydrogen-bond donors (Lipinski definition) is 1. The van der Waals surface area contributed by atoms with Gasteiger partial charge in [-0.1, -0.05) is 5.16 Å². The minimum Gasteiger partial charge on any atom is -0.487 e. The van der Waals surface area contributed by atoms with Crippen LogP contribution >= 0.6 is 0 Å². The van der Waals surface area contributed by atoms with Gasteiger partial charge in [0.25, 0.3) is 5.89 Å². The fraction of sp³-hybridized carbons (Fsp3) is 0.333. The molecule has 1 aliphatic rings. The van der Waals surface area contributed by atoms with Gasteiger partial charge in [0, 0.05) is 18.3 Å². The van der Waals surface area contributed by atoms with Gasteiger partial charge in [-0.15, -0.1) is 0 Å². The summed E-state index contributed by atoms with van der Waals surface area (Å²) in [6.07, 6.45) is 7.45. The monoisotopic (exact) mass is 337 g/mol. The largest absolute Gasteiger partial charge is 0.487 e. The maximum Gasteiger partial charge on any atom is 0.259 e. The summed E-state index contributed by atoms with van der Waals surface area (Å²) >= 11 is 0. The van der Waals surface area contributed by atoms with Crippen molar-refractivity contribution >= 4 is 5.82 Å². The molecule has 1 saturated carbocycles. The summed E-state index contributed by atoms with van der Waals surface area (Å²) in [5.74, 6) is 3.33. The number of hydrogen-bond acceptors (Lipinski definition) is 7. The number of nitrogens with one attached hydrogen (secondary N) is 1. The van der Waals surface area contributed by atoms with Gasteiger partial charge in [0.05, 0.1) is 18.3 Å². The maximum absolute atomic E-state index is 5.77. The van der Waals surface area contributed by atoms with Gasteiger partial charge in [0.1, 0.15) is 17.7 Å². The van der Waals surface area contributed by atoms with Crippen molar-refractivity contribution in [3.8, 4) is 17.2 Å². The van der Waals surface area contributed by atoms with E-state index in [1.165, 1.54) is 0 Å². The number of anilines is 1. The van der Waals surface area contributed by atoms with Crippen LogP contribution in [-0.2, 0) is 0 Å². The second-order valence-corrected chi connectivity index (χ2v) is 6.16. The van der Waals surface area contributed by atoms with Crippen LogP contribution in [-0.4, -0.2) is 32.8 Å². The van der Waals surface area contributed by atoms with E-state index in [-0.39, 0.29) is 6.10 Å². The molecule has 1 N–H and O–H groups in total. The Balaban J connectivity index is 1.32. The predicted octanol–water partition coefficient (Wildman–Crippen LogP) is 3.28. The Morgan fingerprint density at radius 3 is 2.92 bits per heavy atom. The Kier molecular flexibility index (Phi) is 4.28. The van der Waals surface area contributed by atoms with Crippen LogP contribution in [0.2, 0.25) is 0 Å². The van der Waals surface area contributed by atoms with Gasteiger partial charge >= 0.3 is 0 Å². The van der Waals surface area contributed by atoms with E-state index in [0.717, 1.165) is 35.8 Å². The molecule has 7 nitrogen and oxygen atoms in total. The normalized spacial score (nSPS) is 14.9. The number of nitrogens with zero attached hydrogens (tertiary/aromatic N) is 4. The van der Waals surface area contributed by atoms with E-state index < -0.39 is 0 Å². The molecule has 0 radical (unpaired) electrons.